The standard InChI is InChI=1S/C28H28N2O6S/c1-3-36-28(33)21-10-7-19(8-11-21)15-35-16-22-17-37-27-24(22)26(32)29-25(30-27)23(31)12-9-18-5-4-6-20(13-18)14-34-2/h4-8,10-11,13,17H,3,9,12,14-16H2,1-2H3,(H,29,30,32). The normalized spacial score (nSPS) is 11.1. The number of carbonyl (C=O) groups is 2. The van der Waals surface area contributed by atoms with E-state index in [4.69, 9.17) is 14.2 Å². The lowest BCUT2D eigenvalue weighted by Crippen LogP contribution is -2.16. The minimum Gasteiger partial charge on any atom is -0.462 e. The molecule has 0 amide bonds. The summed E-state index contributed by atoms with van der Waals surface area (Å²) in [5.74, 6) is -0.504. The number of benzene rings is 2. The van der Waals surface area contributed by atoms with E-state index in [1.165, 1.54) is 11.3 Å². The minimum atomic E-state index is -0.361. The van der Waals surface area contributed by atoms with Crippen LogP contribution in [-0.4, -0.2) is 35.4 Å². The maximum atomic E-state index is 12.8. The van der Waals surface area contributed by atoms with Gasteiger partial charge in [0.1, 0.15) is 4.83 Å². The zero-order valence-electron chi connectivity index (χ0n) is 20.7. The number of methoxy groups -OCH3 is 1. The van der Waals surface area contributed by atoms with Gasteiger partial charge in [0.25, 0.3) is 5.56 Å². The first-order chi connectivity index (χ1) is 18.0. The first kappa shape index (κ1) is 26.4. The Kier molecular flexibility index (Phi) is 8.95. The maximum absolute atomic E-state index is 12.8. The van der Waals surface area contributed by atoms with Crippen LogP contribution in [0.4, 0.5) is 0 Å². The summed E-state index contributed by atoms with van der Waals surface area (Å²) in [5, 5.41) is 2.26. The number of aromatic nitrogens is 2. The summed E-state index contributed by atoms with van der Waals surface area (Å²) >= 11 is 1.31. The molecule has 2 aromatic carbocycles. The number of rotatable bonds is 12. The Morgan fingerprint density at radius 3 is 2.54 bits per heavy atom. The molecule has 1 N–H and O–H groups in total. The van der Waals surface area contributed by atoms with Gasteiger partial charge < -0.3 is 19.2 Å². The first-order valence-electron chi connectivity index (χ1n) is 11.9. The second-order valence-electron chi connectivity index (χ2n) is 8.44. The zero-order valence-corrected chi connectivity index (χ0v) is 21.6. The van der Waals surface area contributed by atoms with E-state index < -0.39 is 0 Å². The Morgan fingerprint density at radius 1 is 1.00 bits per heavy atom. The smallest absolute Gasteiger partial charge is 0.338 e. The van der Waals surface area contributed by atoms with Gasteiger partial charge in [0, 0.05) is 19.1 Å². The van der Waals surface area contributed by atoms with Crippen LogP contribution in [-0.2, 0) is 40.5 Å². The number of ether oxygens (including phenoxy) is 3. The lowest BCUT2D eigenvalue weighted by Gasteiger charge is -2.06. The van der Waals surface area contributed by atoms with Gasteiger partial charge in [-0.15, -0.1) is 11.3 Å². The Bertz CT molecular complexity index is 1440. The second kappa shape index (κ2) is 12.5. The molecule has 37 heavy (non-hydrogen) atoms. The van der Waals surface area contributed by atoms with Gasteiger partial charge in [0.2, 0.25) is 0 Å². The summed E-state index contributed by atoms with van der Waals surface area (Å²) in [5.41, 5.74) is 3.80. The largest absolute Gasteiger partial charge is 0.462 e. The van der Waals surface area contributed by atoms with Crippen molar-refractivity contribution in [1.29, 1.82) is 0 Å². The summed E-state index contributed by atoms with van der Waals surface area (Å²) in [6, 6.07) is 14.9. The van der Waals surface area contributed by atoms with E-state index in [0.29, 0.717) is 47.6 Å². The third-order valence-electron chi connectivity index (χ3n) is 5.72. The number of nitrogens with one attached hydrogen (secondary N) is 1. The lowest BCUT2D eigenvalue weighted by atomic mass is 10.0. The van der Waals surface area contributed by atoms with Crippen molar-refractivity contribution in [1.82, 2.24) is 9.97 Å². The van der Waals surface area contributed by atoms with Crippen LogP contribution in [0.1, 0.15) is 56.6 Å². The number of esters is 1. The summed E-state index contributed by atoms with van der Waals surface area (Å²) in [4.78, 5) is 44.9. The number of nitrogens with zero attached hydrogens (tertiary/aromatic N) is 1. The van der Waals surface area contributed by atoms with Gasteiger partial charge >= 0.3 is 5.97 Å². The molecule has 2 heterocycles. The third-order valence-corrected chi connectivity index (χ3v) is 6.64. The topological polar surface area (TPSA) is 108 Å². The average molecular weight is 521 g/mol. The van der Waals surface area contributed by atoms with E-state index in [1.807, 2.05) is 29.6 Å². The van der Waals surface area contributed by atoms with Gasteiger partial charge in [-0.1, -0.05) is 36.4 Å². The van der Waals surface area contributed by atoms with Gasteiger partial charge in [-0.25, -0.2) is 9.78 Å². The molecule has 0 spiro atoms. The lowest BCUT2D eigenvalue weighted by molar-refractivity contribution is 0.0526. The average Bonchev–Trinajstić information content (AvgIpc) is 3.32. The van der Waals surface area contributed by atoms with Crippen LogP contribution < -0.4 is 5.56 Å². The number of ketones is 1. The molecule has 0 aliphatic heterocycles. The number of hydrogen-bond acceptors (Lipinski definition) is 8. The molecule has 0 saturated carbocycles. The Labute approximate surface area is 218 Å². The minimum absolute atomic E-state index is 0.0709. The van der Waals surface area contributed by atoms with Gasteiger partial charge in [0.05, 0.1) is 37.4 Å². The Hall–Kier alpha value is -3.66. The van der Waals surface area contributed by atoms with E-state index in [0.717, 1.165) is 16.7 Å². The van der Waals surface area contributed by atoms with E-state index in [2.05, 4.69) is 9.97 Å². The molecular formula is C28H28N2O6S. The van der Waals surface area contributed by atoms with E-state index in [9.17, 15) is 14.4 Å². The number of Topliss-reactive ketones (excluding diaryl/α,β-unsaturated/α-hetero) is 1. The molecule has 0 aliphatic rings. The number of fused-ring (bicyclic) bond motifs is 1. The molecule has 192 valence electrons. The van der Waals surface area contributed by atoms with Crippen LogP contribution in [0.3, 0.4) is 0 Å². The molecule has 0 aliphatic carbocycles. The second-order valence-corrected chi connectivity index (χ2v) is 9.30. The third kappa shape index (κ3) is 6.76. The van der Waals surface area contributed by atoms with Gasteiger partial charge in [-0.3, -0.25) is 9.59 Å². The van der Waals surface area contributed by atoms with Crippen LogP contribution in [0.25, 0.3) is 10.2 Å². The quantitative estimate of drug-likeness (QED) is 0.210. The number of aryl methyl sites for hydroxylation is 1. The number of hydrogen-bond donors (Lipinski definition) is 1. The van der Waals surface area contributed by atoms with Crippen LogP contribution in [0.5, 0.6) is 0 Å². The van der Waals surface area contributed by atoms with E-state index in [1.54, 1.807) is 38.3 Å². The van der Waals surface area contributed by atoms with Gasteiger partial charge in [-0.05, 0) is 47.5 Å². The highest BCUT2D eigenvalue weighted by Gasteiger charge is 2.16. The van der Waals surface area contributed by atoms with E-state index >= 15 is 0 Å². The molecule has 0 saturated heterocycles. The van der Waals surface area contributed by atoms with Gasteiger partial charge in [0.15, 0.2) is 11.6 Å². The van der Waals surface area contributed by atoms with Crippen molar-refractivity contribution in [3.05, 3.63) is 97.9 Å². The molecular weight excluding hydrogens is 492 g/mol. The highest BCUT2D eigenvalue weighted by Crippen LogP contribution is 2.23. The van der Waals surface area contributed by atoms with Crippen LogP contribution in [0.15, 0.2) is 58.7 Å². The van der Waals surface area contributed by atoms with Gasteiger partial charge in [-0.2, -0.15) is 0 Å². The molecule has 0 fully saturated rings. The summed E-state index contributed by atoms with van der Waals surface area (Å²) in [6.07, 6.45) is 0.781. The molecule has 8 nitrogen and oxygen atoms in total. The molecule has 2 aromatic heterocycles. The van der Waals surface area contributed by atoms with E-state index in [-0.39, 0.29) is 36.2 Å². The Morgan fingerprint density at radius 2 is 1.78 bits per heavy atom. The van der Waals surface area contributed by atoms with Crippen molar-refractivity contribution in [2.45, 2.75) is 39.6 Å². The summed E-state index contributed by atoms with van der Waals surface area (Å²) < 4.78 is 15.9. The van der Waals surface area contributed by atoms with Crippen LogP contribution >= 0.6 is 11.3 Å². The van der Waals surface area contributed by atoms with Crippen LogP contribution in [0, 0.1) is 0 Å². The molecule has 0 bridgehead atoms. The molecule has 0 atom stereocenters. The molecule has 4 rings (SSSR count). The predicted octanol–water partition coefficient (Wildman–Crippen LogP) is 4.84. The van der Waals surface area contributed by atoms with Crippen molar-refractivity contribution in [2.75, 3.05) is 13.7 Å². The van der Waals surface area contributed by atoms with Crippen LogP contribution in [0.2, 0.25) is 0 Å². The fraction of sp³-hybridized carbons (Fsp3) is 0.286. The number of carbonyl (C=O) groups excluding carboxylic acids is 2. The fourth-order valence-electron chi connectivity index (χ4n) is 3.89. The SMILES string of the molecule is CCOC(=O)c1ccc(COCc2csc3nc(C(=O)CCc4cccc(COC)c4)[nH]c(=O)c23)cc1. The fourth-order valence-corrected chi connectivity index (χ4v) is 4.82. The molecule has 9 heteroatoms. The van der Waals surface area contributed by atoms with Crippen molar-refractivity contribution in [2.24, 2.45) is 0 Å². The summed E-state index contributed by atoms with van der Waals surface area (Å²) in [6.45, 7) is 3.13. The highest BCUT2D eigenvalue weighted by molar-refractivity contribution is 7.16. The predicted molar refractivity (Wildman–Crippen MR) is 141 cm³/mol. The Balaban J connectivity index is 1.37. The maximum Gasteiger partial charge on any atom is 0.338 e. The highest BCUT2D eigenvalue weighted by atomic mass is 32.1. The van der Waals surface area contributed by atoms with Crippen molar-refractivity contribution in [3.8, 4) is 0 Å². The van der Waals surface area contributed by atoms with Crippen molar-refractivity contribution >= 4 is 33.3 Å². The number of thiophene rings is 1. The summed E-state index contributed by atoms with van der Waals surface area (Å²) in [7, 11) is 1.64. The molecule has 0 unspecified atom stereocenters. The monoisotopic (exact) mass is 520 g/mol. The zero-order chi connectivity index (χ0) is 26.2. The number of H-pyrrole nitrogens is 1. The molecule has 4 aromatic rings. The number of aromatic amines is 1. The first-order valence-corrected chi connectivity index (χ1v) is 12.8. The van der Waals surface area contributed by atoms with Crippen molar-refractivity contribution in [3.63, 3.8) is 0 Å². The molecule has 0 radical (unpaired) electrons. The van der Waals surface area contributed by atoms with Crippen molar-refractivity contribution < 1.29 is 23.8 Å².